The van der Waals surface area contributed by atoms with Crippen LogP contribution in [0.2, 0.25) is 0 Å². The Morgan fingerprint density at radius 3 is 2.34 bits per heavy atom. The summed E-state index contributed by atoms with van der Waals surface area (Å²) in [4.78, 5) is 28.9. The fourth-order valence-electron chi connectivity index (χ4n) is 5.34. The van der Waals surface area contributed by atoms with E-state index >= 15 is 0 Å². The summed E-state index contributed by atoms with van der Waals surface area (Å²) < 4.78 is 4.61. The van der Waals surface area contributed by atoms with Crippen molar-refractivity contribution in [2.75, 3.05) is 39.8 Å². The monoisotopic (exact) mass is 399 g/mol. The van der Waals surface area contributed by atoms with Crippen LogP contribution >= 0.6 is 0 Å². The van der Waals surface area contributed by atoms with Crippen LogP contribution in [0.1, 0.15) is 36.8 Å². The molecule has 1 atom stereocenters. The number of fused-ring (bicyclic) bond motifs is 1. The van der Waals surface area contributed by atoms with E-state index in [0.29, 0.717) is 12.1 Å². The second-order valence-electron chi connectivity index (χ2n) is 8.73. The zero-order chi connectivity index (χ0) is 20.2. The Bertz CT molecular complexity index is 705. The molecule has 2 saturated heterocycles. The van der Waals surface area contributed by atoms with E-state index in [2.05, 4.69) is 44.1 Å². The highest BCUT2D eigenvalue weighted by atomic mass is 16.5. The zero-order valence-electron chi connectivity index (χ0n) is 17.4. The third kappa shape index (κ3) is 4.81. The van der Waals surface area contributed by atoms with Gasteiger partial charge < -0.3 is 10.1 Å². The van der Waals surface area contributed by atoms with E-state index in [1.807, 2.05) is 0 Å². The third-order valence-corrected chi connectivity index (χ3v) is 7.02. The van der Waals surface area contributed by atoms with Gasteiger partial charge in [-0.3, -0.25) is 19.4 Å². The fourth-order valence-corrected chi connectivity index (χ4v) is 5.34. The molecule has 2 fully saturated rings. The molecule has 0 spiro atoms. The molecule has 2 heterocycles. The van der Waals surface area contributed by atoms with Crippen molar-refractivity contribution in [2.45, 2.75) is 50.6 Å². The molecular formula is C23H33N3O3. The lowest BCUT2D eigenvalue weighted by molar-refractivity contribution is -0.142. The smallest absolute Gasteiger partial charge is 0.325 e. The molecule has 0 unspecified atom stereocenters. The summed E-state index contributed by atoms with van der Waals surface area (Å²) in [7, 11) is 1.34. The standard InChI is InChI=1S/C23H33N3O3/c1-29-22(27)15-24-23(28)19-7-4-10-26(16-19)20-8-11-25(12-9-20)21-13-17-5-2-3-6-18(17)14-21/h2-3,5-6,19-21H,4,7-16H2,1H3,(H,24,28)/t19-/m1/s1. The maximum Gasteiger partial charge on any atom is 0.325 e. The first-order chi connectivity index (χ1) is 14.1. The molecule has 4 rings (SSSR count). The van der Waals surface area contributed by atoms with Crippen LogP contribution in [0, 0.1) is 5.92 Å². The van der Waals surface area contributed by atoms with Gasteiger partial charge in [0.1, 0.15) is 6.54 Å². The van der Waals surface area contributed by atoms with Crippen molar-refractivity contribution in [3.63, 3.8) is 0 Å². The van der Waals surface area contributed by atoms with Gasteiger partial charge in [-0.15, -0.1) is 0 Å². The van der Waals surface area contributed by atoms with Gasteiger partial charge >= 0.3 is 5.97 Å². The average molecular weight is 400 g/mol. The number of benzene rings is 1. The number of rotatable bonds is 5. The molecule has 1 aromatic carbocycles. The number of carbonyl (C=O) groups is 2. The molecule has 1 aliphatic carbocycles. The summed E-state index contributed by atoms with van der Waals surface area (Å²) in [6.07, 6.45) is 6.70. The predicted molar refractivity (Wildman–Crippen MR) is 112 cm³/mol. The van der Waals surface area contributed by atoms with Crippen LogP contribution in [0.15, 0.2) is 24.3 Å². The van der Waals surface area contributed by atoms with E-state index in [1.165, 1.54) is 43.9 Å². The number of carbonyl (C=O) groups excluding carboxylic acids is 2. The molecule has 0 saturated carbocycles. The second kappa shape index (κ2) is 9.26. The highest BCUT2D eigenvalue weighted by Gasteiger charge is 2.34. The number of ether oxygens (including phenoxy) is 1. The Labute approximate surface area is 173 Å². The largest absolute Gasteiger partial charge is 0.468 e. The Morgan fingerprint density at radius 2 is 1.69 bits per heavy atom. The average Bonchev–Trinajstić information content (AvgIpc) is 3.21. The van der Waals surface area contributed by atoms with Crippen molar-refractivity contribution in [1.29, 1.82) is 0 Å². The van der Waals surface area contributed by atoms with Gasteiger partial charge in [-0.2, -0.15) is 0 Å². The van der Waals surface area contributed by atoms with Crippen LogP contribution in [0.4, 0.5) is 0 Å². The molecule has 1 N–H and O–H groups in total. The summed E-state index contributed by atoms with van der Waals surface area (Å²) in [6, 6.07) is 10.1. The Kier molecular flexibility index (Phi) is 6.50. The Balaban J connectivity index is 1.24. The fraction of sp³-hybridized carbons (Fsp3) is 0.652. The number of nitrogens with zero attached hydrogens (tertiary/aromatic N) is 2. The summed E-state index contributed by atoms with van der Waals surface area (Å²) in [5.41, 5.74) is 3.05. The number of amides is 1. The van der Waals surface area contributed by atoms with Crippen LogP contribution in [-0.2, 0) is 27.2 Å². The topological polar surface area (TPSA) is 61.9 Å². The van der Waals surface area contributed by atoms with Crippen LogP contribution in [0.25, 0.3) is 0 Å². The summed E-state index contributed by atoms with van der Waals surface area (Å²) in [5.74, 6) is -0.426. The first-order valence-corrected chi connectivity index (χ1v) is 11.0. The van der Waals surface area contributed by atoms with Gasteiger partial charge in [0, 0.05) is 18.6 Å². The Hall–Kier alpha value is -1.92. The minimum atomic E-state index is -0.396. The van der Waals surface area contributed by atoms with Crippen molar-refractivity contribution in [3.8, 4) is 0 Å². The molecule has 0 aromatic heterocycles. The SMILES string of the molecule is COC(=O)CNC(=O)[C@@H]1CCCN(C2CCN(C3Cc4ccccc4C3)CC2)C1. The molecule has 0 radical (unpaired) electrons. The van der Waals surface area contributed by atoms with Gasteiger partial charge in [-0.05, 0) is 69.3 Å². The summed E-state index contributed by atoms with van der Waals surface area (Å²) >= 11 is 0. The van der Waals surface area contributed by atoms with Crippen LogP contribution in [0.3, 0.4) is 0 Å². The number of hydrogen-bond acceptors (Lipinski definition) is 5. The van der Waals surface area contributed by atoms with Crippen molar-refractivity contribution in [3.05, 3.63) is 35.4 Å². The van der Waals surface area contributed by atoms with Gasteiger partial charge in [-0.25, -0.2) is 0 Å². The first-order valence-electron chi connectivity index (χ1n) is 11.0. The molecule has 1 amide bonds. The number of hydrogen-bond donors (Lipinski definition) is 1. The third-order valence-electron chi connectivity index (χ3n) is 7.02. The molecule has 1 aromatic rings. The summed E-state index contributed by atoms with van der Waals surface area (Å²) in [5, 5.41) is 2.73. The molecule has 3 aliphatic rings. The lowest BCUT2D eigenvalue weighted by Gasteiger charge is -2.43. The Morgan fingerprint density at radius 1 is 1.00 bits per heavy atom. The molecule has 0 bridgehead atoms. The second-order valence-corrected chi connectivity index (χ2v) is 8.73. The van der Waals surface area contributed by atoms with E-state index < -0.39 is 5.97 Å². The van der Waals surface area contributed by atoms with Gasteiger partial charge in [0.2, 0.25) is 5.91 Å². The van der Waals surface area contributed by atoms with E-state index in [9.17, 15) is 9.59 Å². The van der Waals surface area contributed by atoms with Crippen molar-refractivity contribution >= 4 is 11.9 Å². The first kappa shape index (κ1) is 20.4. The van der Waals surface area contributed by atoms with Crippen LogP contribution in [0.5, 0.6) is 0 Å². The lowest BCUT2D eigenvalue weighted by Crippen LogP contribution is -2.52. The number of likely N-dealkylation sites (tertiary alicyclic amines) is 2. The maximum atomic E-state index is 12.4. The van der Waals surface area contributed by atoms with Crippen LogP contribution in [-0.4, -0.2) is 73.6 Å². The molecule has 6 nitrogen and oxygen atoms in total. The van der Waals surface area contributed by atoms with E-state index in [0.717, 1.165) is 39.0 Å². The lowest BCUT2D eigenvalue weighted by atomic mass is 9.92. The van der Waals surface area contributed by atoms with Crippen molar-refractivity contribution < 1.29 is 14.3 Å². The summed E-state index contributed by atoms with van der Waals surface area (Å²) in [6.45, 7) is 4.17. The highest BCUT2D eigenvalue weighted by molar-refractivity contribution is 5.83. The van der Waals surface area contributed by atoms with Crippen molar-refractivity contribution in [1.82, 2.24) is 15.1 Å². The number of piperidine rings is 2. The van der Waals surface area contributed by atoms with Gasteiger partial charge in [0.15, 0.2) is 0 Å². The quantitative estimate of drug-likeness (QED) is 0.763. The molecule has 158 valence electrons. The molecular weight excluding hydrogens is 366 g/mol. The van der Waals surface area contributed by atoms with Gasteiger partial charge in [0.25, 0.3) is 0 Å². The molecule has 6 heteroatoms. The van der Waals surface area contributed by atoms with Crippen molar-refractivity contribution in [2.24, 2.45) is 5.92 Å². The number of methoxy groups -OCH3 is 1. The van der Waals surface area contributed by atoms with Gasteiger partial charge in [-0.1, -0.05) is 24.3 Å². The van der Waals surface area contributed by atoms with Crippen LogP contribution < -0.4 is 5.32 Å². The normalized spacial score (nSPS) is 24.2. The van der Waals surface area contributed by atoms with E-state index in [1.54, 1.807) is 0 Å². The predicted octanol–water partition coefficient (Wildman–Crippen LogP) is 1.62. The minimum absolute atomic E-state index is 0.0127. The minimum Gasteiger partial charge on any atom is -0.468 e. The number of nitrogens with one attached hydrogen (secondary N) is 1. The maximum absolute atomic E-state index is 12.4. The highest BCUT2D eigenvalue weighted by Crippen LogP contribution is 2.29. The number of esters is 1. The molecule has 2 aliphatic heterocycles. The molecule has 29 heavy (non-hydrogen) atoms. The zero-order valence-corrected chi connectivity index (χ0v) is 17.4. The van der Waals surface area contributed by atoms with E-state index in [4.69, 9.17) is 0 Å². The van der Waals surface area contributed by atoms with Gasteiger partial charge in [0.05, 0.1) is 13.0 Å². The van der Waals surface area contributed by atoms with E-state index in [-0.39, 0.29) is 18.4 Å².